The van der Waals surface area contributed by atoms with E-state index in [4.69, 9.17) is 0 Å². The van der Waals surface area contributed by atoms with Crippen molar-refractivity contribution >= 4 is 27.3 Å². The van der Waals surface area contributed by atoms with Crippen molar-refractivity contribution in [2.75, 3.05) is 0 Å². The third-order valence-electron chi connectivity index (χ3n) is 2.67. The summed E-state index contributed by atoms with van der Waals surface area (Å²) in [6, 6.07) is 6.16. The molecule has 0 bridgehead atoms. The number of rotatable bonds is 2. The van der Waals surface area contributed by atoms with Crippen molar-refractivity contribution in [1.82, 2.24) is 0 Å². The van der Waals surface area contributed by atoms with Crippen molar-refractivity contribution in [2.24, 2.45) is 0 Å². The molecule has 1 heterocycles. The Labute approximate surface area is 108 Å². The van der Waals surface area contributed by atoms with Crippen LogP contribution in [-0.2, 0) is 0 Å². The van der Waals surface area contributed by atoms with Crippen LogP contribution >= 0.6 is 27.3 Å². The summed E-state index contributed by atoms with van der Waals surface area (Å²) in [5.41, 5.74) is 4.22. The molecule has 1 atom stereocenters. The molecular weight excluding hydrogens is 284 g/mol. The third-order valence-corrected chi connectivity index (χ3v) is 4.42. The molecule has 84 valence electrons. The Morgan fingerprint density at radius 2 is 1.94 bits per heavy atom. The average Bonchev–Trinajstić information content (AvgIpc) is 2.67. The van der Waals surface area contributed by atoms with E-state index < -0.39 is 6.10 Å². The first-order valence-corrected chi connectivity index (χ1v) is 6.80. The Morgan fingerprint density at radius 3 is 2.56 bits per heavy atom. The second-order valence-electron chi connectivity index (χ2n) is 3.94. The van der Waals surface area contributed by atoms with Crippen LogP contribution in [0.4, 0.5) is 0 Å². The summed E-state index contributed by atoms with van der Waals surface area (Å²) in [5.74, 6) is 0. The van der Waals surface area contributed by atoms with Gasteiger partial charge in [-0.2, -0.15) is 11.3 Å². The third kappa shape index (κ3) is 2.21. The maximum absolute atomic E-state index is 10.3. The van der Waals surface area contributed by atoms with Crippen LogP contribution in [0.3, 0.4) is 0 Å². The smallest absolute Gasteiger partial charge is 0.106 e. The molecule has 0 aliphatic rings. The number of hydrogen-bond acceptors (Lipinski definition) is 2. The van der Waals surface area contributed by atoms with E-state index in [0.717, 1.165) is 21.2 Å². The zero-order valence-corrected chi connectivity index (χ0v) is 11.6. The molecule has 2 rings (SSSR count). The Kier molecular flexibility index (Phi) is 3.47. The minimum Gasteiger partial charge on any atom is -0.384 e. The lowest BCUT2D eigenvalue weighted by Crippen LogP contribution is -2.01. The molecule has 0 aliphatic carbocycles. The van der Waals surface area contributed by atoms with E-state index in [1.165, 1.54) is 5.56 Å². The molecule has 2 aromatic rings. The summed E-state index contributed by atoms with van der Waals surface area (Å²) in [7, 11) is 0. The SMILES string of the molecule is Cc1ccc(C)c(C(O)c2cscc2Br)c1. The standard InChI is InChI=1S/C13H13BrOS/c1-8-3-4-9(2)10(5-8)13(15)11-6-16-7-12(11)14/h3-7,13,15H,1-2H3. The van der Waals surface area contributed by atoms with Crippen LogP contribution in [0.15, 0.2) is 33.4 Å². The Balaban J connectivity index is 2.45. The summed E-state index contributed by atoms with van der Waals surface area (Å²) in [4.78, 5) is 0. The van der Waals surface area contributed by atoms with Gasteiger partial charge in [0.15, 0.2) is 0 Å². The molecule has 0 saturated carbocycles. The molecule has 0 fully saturated rings. The monoisotopic (exact) mass is 296 g/mol. The molecule has 0 radical (unpaired) electrons. The Morgan fingerprint density at radius 1 is 1.19 bits per heavy atom. The highest BCUT2D eigenvalue weighted by Crippen LogP contribution is 2.33. The molecule has 1 aromatic heterocycles. The quantitative estimate of drug-likeness (QED) is 0.880. The first-order chi connectivity index (χ1) is 7.59. The summed E-state index contributed by atoms with van der Waals surface area (Å²) >= 11 is 5.05. The van der Waals surface area contributed by atoms with Crippen LogP contribution < -0.4 is 0 Å². The summed E-state index contributed by atoms with van der Waals surface area (Å²) in [6.45, 7) is 4.07. The van der Waals surface area contributed by atoms with Gasteiger partial charge in [-0.1, -0.05) is 23.8 Å². The highest BCUT2D eigenvalue weighted by molar-refractivity contribution is 9.10. The van der Waals surface area contributed by atoms with Crippen LogP contribution in [0.5, 0.6) is 0 Å². The fourth-order valence-corrected chi connectivity index (χ4v) is 3.24. The van der Waals surface area contributed by atoms with Gasteiger partial charge in [-0.25, -0.2) is 0 Å². The van der Waals surface area contributed by atoms with E-state index in [0.29, 0.717) is 0 Å². The highest BCUT2D eigenvalue weighted by atomic mass is 79.9. The summed E-state index contributed by atoms with van der Waals surface area (Å²) in [5, 5.41) is 14.3. The largest absolute Gasteiger partial charge is 0.384 e. The van der Waals surface area contributed by atoms with E-state index in [-0.39, 0.29) is 0 Å². The topological polar surface area (TPSA) is 20.2 Å². The maximum atomic E-state index is 10.3. The molecule has 1 N–H and O–H groups in total. The van der Waals surface area contributed by atoms with Crippen LogP contribution in [0.25, 0.3) is 0 Å². The van der Waals surface area contributed by atoms with E-state index in [9.17, 15) is 5.11 Å². The molecule has 0 aliphatic heterocycles. The van der Waals surface area contributed by atoms with Gasteiger partial charge < -0.3 is 5.11 Å². The number of aliphatic hydroxyl groups excluding tert-OH is 1. The van der Waals surface area contributed by atoms with Crippen molar-refractivity contribution in [2.45, 2.75) is 20.0 Å². The van der Waals surface area contributed by atoms with E-state index in [1.54, 1.807) is 11.3 Å². The van der Waals surface area contributed by atoms with Crippen molar-refractivity contribution in [1.29, 1.82) is 0 Å². The van der Waals surface area contributed by atoms with Gasteiger partial charge in [0.2, 0.25) is 0 Å². The van der Waals surface area contributed by atoms with Gasteiger partial charge in [0.1, 0.15) is 6.10 Å². The minimum absolute atomic E-state index is 0.541. The average molecular weight is 297 g/mol. The van der Waals surface area contributed by atoms with Gasteiger partial charge in [0, 0.05) is 15.4 Å². The number of halogens is 1. The lowest BCUT2D eigenvalue weighted by atomic mass is 9.97. The van der Waals surface area contributed by atoms with Gasteiger partial charge in [-0.05, 0) is 46.3 Å². The van der Waals surface area contributed by atoms with E-state index >= 15 is 0 Å². The van der Waals surface area contributed by atoms with Gasteiger partial charge in [0.25, 0.3) is 0 Å². The molecule has 0 spiro atoms. The fraction of sp³-hybridized carbons (Fsp3) is 0.231. The molecule has 1 unspecified atom stereocenters. The predicted octanol–water partition coefficient (Wildman–Crippen LogP) is 4.21. The summed E-state index contributed by atoms with van der Waals surface area (Å²) in [6.07, 6.45) is -0.541. The lowest BCUT2D eigenvalue weighted by Gasteiger charge is -2.14. The molecule has 0 saturated heterocycles. The molecular formula is C13H13BrOS. The molecule has 1 nitrogen and oxygen atoms in total. The fourth-order valence-electron chi connectivity index (χ4n) is 1.71. The second kappa shape index (κ2) is 4.70. The first-order valence-electron chi connectivity index (χ1n) is 5.06. The van der Waals surface area contributed by atoms with Crippen molar-refractivity contribution in [3.63, 3.8) is 0 Å². The minimum atomic E-state index is -0.541. The number of hydrogen-bond donors (Lipinski definition) is 1. The number of aryl methyl sites for hydroxylation is 2. The number of aliphatic hydroxyl groups is 1. The molecule has 0 amide bonds. The summed E-state index contributed by atoms with van der Waals surface area (Å²) < 4.78 is 0.978. The predicted molar refractivity (Wildman–Crippen MR) is 72.0 cm³/mol. The lowest BCUT2D eigenvalue weighted by molar-refractivity contribution is 0.219. The van der Waals surface area contributed by atoms with Crippen molar-refractivity contribution < 1.29 is 5.11 Å². The number of benzene rings is 1. The van der Waals surface area contributed by atoms with Crippen LogP contribution in [0.1, 0.15) is 28.4 Å². The van der Waals surface area contributed by atoms with Gasteiger partial charge in [-0.15, -0.1) is 0 Å². The first kappa shape index (κ1) is 11.8. The Bertz CT molecular complexity index is 504. The molecule has 16 heavy (non-hydrogen) atoms. The van der Waals surface area contributed by atoms with Crippen molar-refractivity contribution in [3.05, 3.63) is 55.7 Å². The Hall–Kier alpha value is -0.640. The van der Waals surface area contributed by atoms with Gasteiger partial charge in [-0.3, -0.25) is 0 Å². The number of thiophene rings is 1. The highest BCUT2D eigenvalue weighted by Gasteiger charge is 2.16. The maximum Gasteiger partial charge on any atom is 0.106 e. The van der Waals surface area contributed by atoms with Gasteiger partial charge >= 0.3 is 0 Å². The molecule has 1 aromatic carbocycles. The van der Waals surface area contributed by atoms with E-state index in [2.05, 4.69) is 22.0 Å². The van der Waals surface area contributed by atoms with Crippen LogP contribution in [0.2, 0.25) is 0 Å². The zero-order valence-electron chi connectivity index (χ0n) is 9.20. The normalized spacial score (nSPS) is 12.8. The second-order valence-corrected chi connectivity index (χ2v) is 5.54. The molecule has 3 heteroatoms. The zero-order chi connectivity index (χ0) is 11.7. The van der Waals surface area contributed by atoms with Crippen LogP contribution in [0, 0.1) is 13.8 Å². The van der Waals surface area contributed by atoms with E-state index in [1.807, 2.05) is 36.7 Å². The van der Waals surface area contributed by atoms with Crippen molar-refractivity contribution in [3.8, 4) is 0 Å². The van der Waals surface area contributed by atoms with Crippen LogP contribution in [-0.4, -0.2) is 5.11 Å². The van der Waals surface area contributed by atoms with Gasteiger partial charge in [0.05, 0.1) is 0 Å².